The first-order valence-electron chi connectivity index (χ1n) is 45.3. The molecule has 626 valence electrons. The van der Waals surface area contributed by atoms with E-state index >= 15 is 0 Å². The Morgan fingerprint density at radius 1 is 0.119 bits per heavy atom. The van der Waals surface area contributed by atoms with Gasteiger partial charge in [0, 0.05) is 144 Å². The Balaban J connectivity index is 0.000000147. The van der Waals surface area contributed by atoms with Gasteiger partial charge >= 0.3 is 0 Å². The molecule has 1 spiro atoms. The Kier molecular flexibility index (Phi) is 20.2. The van der Waals surface area contributed by atoms with Gasteiger partial charge in [-0.2, -0.15) is 0 Å². The van der Waals surface area contributed by atoms with Gasteiger partial charge in [0.1, 0.15) is 0 Å². The lowest BCUT2D eigenvalue weighted by molar-refractivity contribution is 0.768. The summed E-state index contributed by atoms with van der Waals surface area (Å²) in [5, 5.41) is 0. The highest BCUT2D eigenvalue weighted by Gasteiger charge is 2.52. The summed E-state index contributed by atoms with van der Waals surface area (Å²) in [4.78, 5) is 35.7. The zero-order valence-electron chi connectivity index (χ0n) is 72.9. The third-order valence-corrected chi connectivity index (χ3v) is 27.1. The fraction of sp³-hybridized carbons (Fsp3) is 0.0159. The fourth-order valence-electron chi connectivity index (χ4n) is 21.1. The highest BCUT2D eigenvalue weighted by atomic mass is 14.7. The number of hydrogen-bond donors (Lipinski definition) is 0. The topological polar surface area (TPSA) is 103 Å². The molecule has 22 aromatic rings. The van der Waals surface area contributed by atoms with E-state index in [-0.39, 0.29) is 0 Å². The second-order valence-electron chi connectivity index (χ2n) is 34.6. The monoisotopic (exact) mass is 1710 g/mol. The van der Waals surface area contributed by atoms with E-state index in [9.17, 15) is 0 Å². The van der Waals surface area contributed by atoms with Gasteiger partial charge in [-0.15, -0.1) is 0 Å². The number of nitrogens with zero attached hydrogens (tertiary/aromatic N) is 8. The molecule has 0 fully saturated rings. The molecule has 14 aromatic carbocycles. The standard InChI is InChI=1S/C63H40N4.C63H42N4/c1-4-18-58-55(14-1)56-15-2-5-19-59(56)63(58)60-20-6-3-16-57(60)62-54(17-9-21-61(62)63)49-33-47(43-10-7-12-45(30-43)52-35-50(37-66-39-52)41-22-26-64-27-23-41)32-48(34-49)44-11-8-13-46(31-44)53-36-51(38-67-40-53)42-24-28-65-29-25-42;1-3-16-56(17-4-1)63(57-18-5-2-6-19-57)60-22-8-7-20-59(60)62-58(21-11-23-61(62)63)51-35-49(45-12-9-14-47(32-45)54-37-52(39-66-41-54)43-24-28-64-29-25-43)34-50(36-51)46-13-10-15-48(33-46)55-38-53(40-67-42-55)44-26-30-65-31-27-44/h1-40H;1-42H. The first-order valence-corrected chi connectivity index (χ1v) is 45.3. The van der Waals surface area contributed by atoms with Crippen molar-refractivity contribution in [3.05, 3.63) is 544 Å². The van der Waals surface area contributed by atoms with Gasteiger partial charge in [-0.1, -0.05) is 267 Å². The van der Waals surface area contributed by atoms with Crippen LogP contribution in [0.4, 0.5) is 0 Å². The molecule has 8 nitrogen and oxygen atoms in total. The first-order chi connectivity index (χ1) is 66.4. The molecule has 0 atom stereocenters. The summed E-state index contributed by atoms with van der Waals surface area (Å²) in [6.07, 6.45) is 30.1. The number of benzene rings is 14. The van der Waals surface area contributed by atoms with Crippen molar-refractivity contribution < 1.29 is 0 Å². The van der Waals surface area contributed by atoms with Crippen molar-refractivity contribution in [2.45, 2.75) is 10.8 Å². The molecule has 8 aromatic heterocycles. The van der Waals surface area contributed by atoms with Crippen LogP contribution >= 0.6 is 0 Å². The van der Waals surface area contributed by atoms with E-state index in [1.807, 2.05) is 148 Å². The second-order valence-corrected chi connectivity index (χ2v) is 34.6. The third kappa shape index (κ3) is 14.1. The Morgan fingerprint density at radius 2 is 0.321 bits per heavy atom. The molecule has 0 bridgehead atoms. The van der Waals surface area contributed by atoms with Crippen LogP contribution in [0, 0.1) is 0 Å². The van der Waals surface area contributed by atoms with Crippen molar-refractivity contribution in [3.63, 3.8) is 0 Å². The zero-order valence-corrected chi connectivity index (χ0v) is 72.9. The first kappa shape index (κ1) is 79.7. The van der Waals surface area contributed by atoms with E-state index < -0.39 is 10.8 Å². The molecule has 0 amide bonds. The molecule has 8 heteroatoms. The molecular weight excluding hydrogens is 1630 g/mol. The van der Waals surface area contributed by atoms with Crippen molar-refractivity contribution in [2.24, 2.45) is 0 Å². The van der Waals surface area contributed by atoms with Crippen LogP contribution in [0.5, 0.6) is 0 Å². The average molecular weight is 1710 g/mol. The number of fused-ring (bicyclic) bond motifs is 13. The summed E-state index contributed by atoms with van der Waals surface area (Å²) in [5.41, 5.74) is 48.0. The smallest absolute Gasteiger partial charge is 0.0725 e. The number of rotatable bonds is 16. The maximum atomic E-state index is 4.69. The van der Waals surface area contributed by atoms with E-state index in [0.717, 1.165) is 145 Å². The summed E-state index contributed by atoms with van der Waals surface area (Å²) in [7, 11) is 0. The third-order valence-electron chi connectivity index (χ3n) is 27.1. The number of aromatic nitrogens is 8. The summed E-state index contributed by atoms with van der Waals surface area (Å²) in [5.74, 6) is 0. The predicted octanol–water partition coefficient (Wildman–Crippen LogP) is 30.6. The van der Waals surface area contributed by atoms with E-state index in [0.29, 0.717) is 0 Å². The molecule has 3 aliphatic carbocycles. The van der Waals surface area contributed by atoms with Crippen LogP contribution in [-0.2, 0) is 10.8 Å². The molecule has 8 heterocycles. The Bertz CT molecular complexity index is 7480. The van der Waals surface area contributed by atoms with E-state index in [2.05, 4.69) is 392 Å². The van der Waals surface area contributed by atoms with Crippen molar-refractivity contribution in [3.8, 4) is 189 Å². The number of hydrogen-bond acceptors (Lipinski definition) is 8. The molecule has 0 unspecified atom stereocenters. The van der Waals surface area contributed by atoms with Crippen molar-refractivity contribution >= 4 is 0 Å². The largest absolute Gasteiger partial charge is 0.265 e. The van der Waals surface area contributed by atoms with Gasteiger partial charge in [-0.25, -0.2) is 0 Å². The lowest BCUT2D eigenvalue weighted by Crippen LogP contribution is -2.28. The summed E-state index contributed by atoms with van der Waals surface area (Å²) < 4.78 is 0. The highest BCUT2D eigenvalue weighted by molar-refractivity contribution is 6.03. The maximum Gasteiger partial charge on any atom is 0.0725 e. The lowest BCUT2D eigenvalue weighted by atomic mass is 9.67. The Hall–Kier alpha value is -17.7. The molecule has 0 aliphatic heterocycles. The SMILES string of the molecule is c1cc(-c2cncc(-c3ccncc3)c2)cc(-c2cc(-c3cccc(-c4cncc(-c5ccncc5)c4)c3)cc(-c3cccc4c3-c3ccccc3C43c4ccccc4-c4ccccc43)c2)c1.c1ccc(C2(c3ccccc3)c3ccccc3-c3c(-c4cc(-c5cccc(-c6cncc(-c7ccncc7)c6)c5)cc(-c5cccc(-c6cncc(-c7ccncc7)c6)c5)c4)cccc32)cc1. The van der Waals surface area contributed by atoms with E-state index in [4.69, 9.17) is 0 Å². The minimum Gasteiger partial charge on any atom is -0.265 e. The van der Waals surface area contributed by atoms with Gasteiger partial charge in [-0.3, -0.25) is 39.9 Å². The maximum absolute atomic E-state index is 4.69. The Labute approximate surface area is 778 Å². The summed E-state index contributed by atoms with van der Waals surface area (Å²) in [6, 6.07) is 147. The highest BCUT2D eigenvalue weighted by Crippen LogP contribution is 2.65. The van der Waals surface area contributed by atoms with Crippen LogP contribution in [0.1, 0.15) is 44.5 Å². The van der Waals surface area contributed by atoms with Crippen LogP contribution in [0.15, 0.2) is 500 Å². The van der Waals surface area contributed by atoms with Crippen molar-refractivity contribution in [2.75, 3.05) is 0 Å². The molecular formula is C126H82N8. The minimum atomic E-state index is -0.509. The second kappa shape index (κ2) is 34.0. The quantitative estimate of drug-likeness (QED) is 0.0943. The van der Waals surface area contributed by atoms with Crippen LogP contribution in [-0.4, -0.2) is 39.9 Å². The minimum absolute atomic E-state index is 0.435. The van der Waals surface area contributed by atoms with Gasteiger partial charge in [0.05, 0.1) is 10.8 Å². The van der Waals surface area contributed by atoms with Crippen LogP contribution in [0.25, 0.3) is 189 Å². The lowest BCUT2D eigenvalue weighted by Gasteiger charge is -2.34. The molecule has 3 aliphatic rings. The van der Waals surface area contributed by atoms with Crippen molar-refractivity contribution in [1.29, 1.82) is 0 Å². The molecule has 0 radical (unpaired) electrons. The van der Waals surface area contributed by atoms with E-state index in [1.165, 1.54) is 89.0 Å². The predicted molar refractivity (Wildman–Crippen MR) is 545 cm³/mol. The van der Waals surface area contributed by atoms with E-state index in [1.54, 1.807) is 0 Å². The summed E-state index contributed by atoms with van der Waals surface area (Å²) >= 11 is 0. The summed E-state index contributed by atoms with van der Waals surface area (Å²) in [6.45, 7) is 0. The van der Waals surface area contributed by atoms with Gasteiger partial charge in [0.15, 0.2) is 0 Å². The molecule has 25 rings (SSSR count). The zero-order chi connectivity index (χ0) is 88.9. The van der Waals surface area contributed by atoms with Crippen LogP contribution < -0.4 is 0 Å². The van der Waals surface area contributed by atoms with Crippen LogP contribution in [0.2, 0.25) is 0 Å². The Morgan fingerprint density at radius 3 is 0.627 bits per heavy atom. The normalized spacial score (nSPS) is 12.4. The van der Waals surface area contributed by atoms with Gasteiger partial charge in [0.2, 0.25) is 0 Å². The molecule has 0 saturated carbocycles. The van der Waals surface area contributed by atoms with Gasteiger partial charge in [0.25, 0.3) is 0 Å². The van der Waals surface area contributed by atoms with Gasteiger partial charge in [-0.05, 0) is 323 Å². The molecule has 134 heavy (non-hydrogen) atoms. The van der Waals surface area contributed by atoms with Gasteiger partial charge < -0.3 is 0 Å². The molecule has 0 saturated heterocycles. The van der Waals surface area contributed by atoms with Crippen molar-refractivity contribution in [1.82, 2.24) is 39.9 Å². The average Bonchev–Trinajstić information content (AvgIpc) is 1.51. The van der Waals surface area contributed by atoms with Crippen LogP contribution in [0.3, 0.4) is 0 Å². The molecule has 0 N–H and O–H groups in total. The number of pyridine rings is 8. The fourth-order valence-corrected chi connectivity index (χ4v) is 21.1.